The van der Waals surface area contributed by atoms with Crippen LogP contribution in [0, 0.1) is 13.8 Å². The molecule has 0 heterocycles. The van der Waals surface area contributed by atoms with E-state index >= 15 is 0 Å². The number of carbonyl (C=O) groups is 2. The molecule has 8 heteroatoms. The van der Waals surface area contributed by atoms with Crippen molar-refractivity contribution in [1.29, 1.82) is 0 Å². The highest BCUT2D eigenvalue weighted by Crippen LogP contribution is 2.20. The van der Waals surface area contributed by atoms with Crippen LogP contribution in [0.5, 0.6) is 0 Å². The average Bonchev–Trinajstić information content (AvgIpc) is 2.71. The molecule has 2 rings (SSSR count). The van der Waals surface area contributed by atoms with Gasteiger partial charge < -0.3 is 10.1 Å². The molecule has 0 aromatic heterocycles. The highest BCUT2D eigenvalue weighted by molar-refractivity contribution is 7.89. The lowest BCUT2D eigenvalue weighted by Crippen LogP contribution is -2.31. The van der Waals surface area contributed by atoms with Crippen LogP contribution in [0.15, 0.2) is 47.4 Å². The van der Waals surface area contributed by atoms with Crippen molar-refractivity contribution in [2.24, 2.45) is 0 Å². The highest BCUT2D eigenvalue weighted by atomic mass is 32.2. The molecule has 7 nitrogen and oxygen atoms in total. The van der Waals surface area contributed by atoms with Gasteiger partial charge in [-0.15, -0.1) is 0 Å². The van der Waals surface area contributed by atoms with Crippen LogP contribution in [0.4, 0.5) is 5.69 Å². The number of carbonyl (C=O) groups excluding carboxylic acids is 2. The fraction of sp³-hybridized carbons (Fsp3) is 0.364. The first kappa shape index (κ1) is 23.6. The summed E-state index contributed by atoms with van der Waals surface area (Å²) >= 11 is 0. The molecular weight excluding hydrogens is 404 g/mol. The van der Waals surface area contributed by atoms with E-state index in [-0.39, 0.29) is 10.5 Å². The second-order valence-corrected chi connectivity index (χ2v) is 8.86. The molecule has 0 aliphatic carbocycles. The van der Waals surface area contributed by atoms with Gasteiger partial charge in [-0.05, 0) is 56.2 Å². The van der Waals surface area contributed by atoms with Gasteiger partial charge in [0.25, 0.3) is 5.91 Å². The van der Waals surface area contributed by atoms with Crippen molar-refractivity contribution in [2.45, 2.75) is 45.6 Å². The van der Waals surface area contributed by atoms with Gasteiger partial charge in [0.1, 0.15) is 0 Å². The van der Waals surface area contributed by atoms with Crippen molar-refractivity contribution >= 4 is 27.6 Å². The molecule has 30 heavy (non-hydrogen) atoms. The summed E-state index contributed by atoms with van der Waals surface area (Å²) in [7, 11) is -3.61. The van der Waals surface area contributed by atoms with E-state index in [0.717, 1.165) is 11.1 Å². The van der Waals surface area contributed by atoms with Crippen LogP contribution in [-0.2, 0) is 19.6 Å². The first-order valence-electron chi connectivity index (χ1n) is 9.80. The van der Waals surface area contributed by atoms with E-state index in [2.05, 4.69) is 5.32 Å². The summed E-state index contributed by atoms with van der Waals surface area (Å²) in [5, 5.41) is 2.79. The number of benzene rings is 2. The van der Waals surface area contributed by atoms with E-state index in [9.17, 15) is 18.0 Å². The minimum Gasteiger partial charge on any atom is -0.449 e. The minimum atomic E-state index is -3.61. The molecule has 0 saturated carbocycles. The highest BCUT2D eigenvalue weighted by Gasteiger charge is 2.23. The third-order valence-electron chi connectivity index (χ3n) is 4.82. The number of ether oxygens (including phenoxy) is 1. The lowest BCUT2D eigenvalue weighted by atomic mass is 10.1. The Kier molecular flexibility index (Phi) is 7.75. The van der Waals surface area contributed by atoms with Crippen LogP contribution in [0.1, 0.15) is 42.3 Å². The Balaban J connectivity index is 2.08. The zero-order chi connectivity index (χ0) is 22.5. The number of nitrogens with zero attached hydrogens (tertiary/aromatic N) is 1. The Bertz CT molecular complexity index is 992. The average molecular weight is 433 g/mol. The molecule has 0 aliphatic rings. The molecular formula is C22H28N2O5S. The number of hydrogen-bond donors (Lipinski definition) is 1. The number of hydrogen-bond acceptors (Lipinski definition) is 5. The van der Waals surface area contributed by atoms with Crippen molar-refractivity contribution in [3.63, 3.8) is 0 Å². The lowest BCUT2D eigenvalue weighted by molar-refractivity contribution is -0.123. The first-order valence-corrected chi connectivity index (χ1v) is 11.2. The molecule has 2 aromatic rings. The molecule has 0 bridgehead atoms. The molecule has 0 saturated heterocycles. The molecule has 0 aliphatic heterocycles. The van der Waals surface area contributed by atoms with Crippen LogP contribution in [0.2, 0.25) is 0 Å². The molecule has 0 radical (unpaired) electrons. The molecule has 1 atom stereocenters. The Morgan fingerprint density at radius 3 is 2.03 bits per heavy atom. The van der Waals surface area contributed by atoms with E-state index in [0.29, 0.717) is 18.8 Å². The number of sulfonamides is 1. The summed E-state index contributed by atoms with van der Waals surface area (Å²) in [5.74, 6) is -1.15. The van der Waals surface area contributed by atoms with E-state index in [1.165, 1.54) is 35.5 Å². The third kappa shape index (κ3) is 5.25. The maximum atomic E-state index is 12.5. The lowest BCUT2D eigenvalue weighted by Gasteiger charge is -2.18. The number of rotatable bonds is 8. The third-order valence-corrected chi connectivity index (χ3v) is 6.88. The van der Waals surface area contributed by atoms with Crippen LogP contribution in [-0.4, -0.2) is 43.8 Å². The largest absolute Gasteiger partial charge is 0.449 e. The number of nitrogens with one attached hydrogen (secondary N) is 1. The normalized spacial score (nSPS) is 12.5. The van der Waals surface area contributed by atoms with E-state index in [4.69, 9.17) is 4.74 Å². The summed E-state index contributed by atoms with van der Waals surface area (Å²) < 4.78 is 31.6. The molecule has 0 spiro atoms. The summed E-state index contributed by atoms with van der Waals surface area (Å²) in [6.07, 6.45) is -1.02. The van der Waals surface area contributed by atoms with Crippen molar-refractivity contribution in [1.82, 2.24) is 4.31 Å². The van der Waals surface area contributed by atoms with Crippen molar-refractivity contribution < 1.29 is 22.7 Å². The fourth-order valence-corrected chi connectivity index (χ4v) is 4.45. The zero-order valence-electron chi connectivity index (χ0n) is 17.9. The van der Waals surface area contributed by atoms with Crippen LogP contribution in [0.25, 0.3) is 0 Å². The standard InChI is InChI=1S/C22H28N2O5S/c1-6-24(7-2)30(27,28)19-13-11-18(12-14-19)22(26)29-17(5)21(25)23-20-15(3)9-8-10-16(20)4/h8-14,17H,6-7H2,1-5H3,(H,23,25). The second kappa shape index (κ2) is 9.86. The van der Waals surface area contributed by atoms with Gasteiger partial charge in [0, 0.05) is 18.8 Å². The van der Waals surface area contributed by atoms with Gasteiger partial charge in [-0.25, -0.2) is 13.2 Å². The molecule has 1 amide bonds. The predicted octanol–water partition coefficient (Wildman–Crippen LogP) is 3.52. The fourth-order valence-electron chi connectivity index (χ4n) is 2.99. The minimum absolute atomic E-state index is 0.101. The Labute approximate surface area is 178 Å². The molecule has 0 fully saturated rings. The molecule has 1 N–H and O–H groups in total. The smallest absolute Gasteiger partial charge is 0.338 e. The summed E-state index contributed by atoms with van der Waals surface area (Å²) in [6, 6.07) is 11.2. The molecule has 2 aromatic carbocycles. The molecule has 162 valence electrons. The Hall–Kier alpha value is -2.71. The monoisotopic (exact) mass is 432 g/mol. The number of esters is 1. The van der Waals surface area contributed by atoms with Gasteiger partial charge in [-0.1, -0.05) is 32.0 Å². The first-order chi connectivity index (χ1) is 14.1. The van der Waals surface area contributed by atoms with E-state index in [1.807, 2.05) is 32.0 Å². The van der Waals surface area contributed by atoms with Gasteiger partial charge in [0.05, 0.1) is 10.5 Å². The van der Waals surface area contributed by atoms with Crippen molar-refractivity contribution in [3.8, 4) is 0 Å². The summed E-state index contributed by atoms with van der Waals surface area (Å²) in [6.45, 7) is 9.49. The summed E-state index contributed by atoms with van der Waals surface area (Å²) in [5.41, 5.74) is 2.68. The molecule has 1 unspecified atom stereocenters. The predicted molar refractivity (Wildman–Crippen MR) is 116 cm³/mol. The Morgan fingerprint density at radius 2 is 1.53 bits per heavy atom. The van der Waals surface area contributed by atoms with Crippen molar-refractivity contribution in [2.75, 3.05) is 18.4 Å². The van der Waals surface area contributed by atoms with Gasteiger partial charge in [-0.3, -0.25) is 4.79 Å². The van der Waals surface area contributed by atoms with Crippen molar-refractivity contribution in [3.05, 3.63) is 59.2 Å². The van der Waals surface area contributed by atoms with Gasteiger partial charge >= 0.3 is 5.97 Å². The maximum Gasteiger partial charge on any atom is 0.338 e. The number of anilines is 1. The van der Waals surface area contributed by atoms with E-state index < -0.39 is 28.0 Å². The Morgan fingerprint density at radius 1 is 1.00 bits per heavy atom. The van der Waals surface area contributed by atoms with E-state index in [1.54, 1.807) is 13.8 Å². The van der Waals surface area contributed by atoms with Gasteiger partial charge in [-0.2, -0.15) is 4.31 Å². The van der Waals surface area contributed by atoms with Crippen LogP contribution >= 0.6 is 0 Å². The second-order valence-electron chi connectivity index (χ2n) is 6.92. The van der Waals surface area contributed by atoms with Crippen LogP contribution < -0.4 is 5.32 Å². The number of amides is 1. The number of aryl methyl sites for hydroxylation is 2. The number of para-hydroxylation sites is 1. The van der Waals surface area contributed by atoms with Gasteiger partial charge in [0.15, 0.2) is 6.10 Å². The summed E-state index contributed by atoms with van der Waals surface area (Å²) in [4.78, 5) is 24.9. The van der Waals surface area contributed by atoms with Crippen LogP contribution in [0.3, 0.4) is 0 Å². The quantitative estimate of drug-likeness (QED) is 0.645. The van der Waals surface area contributed by atoms with Gasteiger partial charge in [0.2, 0.25) is 10.0 Å². The topological polar surface area (TPSA) is 92.8 Å². The zero-order valence-corrected chi connectivity index (χ0v) is 18.7. The maximum absolute atomic E-state index is 12.5. The SMILES string of the molecule is CCN(CC)S(=O)(=O)c1ccc(C(=O)OC(C)C(=O)Nc2c(C)cccc2C)cc1.